The minimum Gasteiger partial charge on any atom is -0.374 e. The number of rotatable bonds is 1. The molecule has 0 bridgehead atoms. The van der Waals surface area contributed by atoms with Crippen LogP contribution in [0.2, 0.25) is 0 Å². The summed E-state index contributed by atoms with van der Waals surface area (Å²) >= 11 is 1.39. The SMILES string of the molecule is Cn1ccc(-c2cn3nc(N)sc3n2)c1. The summed E-state index contributed by atoms with van der Waals surface area (Å²) < 4.78 is 3.70. The van der Waals surface area contributed by atoms with Gasteiger partial charge in [-0.1, -0.05) is 11.3 Å². The van der Waals surface area contributed by atoms with Gasteiger partial charge in [0.25, 0.3) is 0 Å². The predicted octanol–water partition coefficient (Wildman–Crippen LogP) is 1.38. The molecule has 0 atom stereocenters. The van der Waals surface area contributed by atoms with E-state index in [1.807, 2.05) is 36.3 Å². The number of fused-ring (bicyclic) bond motifs is 1. The zero-order valence-electron chi connectivity index (χ0n) is 8.08. The molecule has 0 saturated heterocycles. The molecule has 0 amide bonds. The number of aromatic nitrogens is 4. The number of imidazole rings is 1. The Morgan fingerprint density at radius 3 is 2.93 bits per heavy atom. The van der Waals surface area contributed by atoms with Crippen molar-refractivity contribution in [2.75, 3.05) is 5.73 Å². The van der Waals surface area contributed by atoms with Crippen molar-refractivity contribution in [3.8, 4) is 11.3 Å². The highest BCUT2D eigenvalue weighted by Gasteiger charge is 2.08. The normalized spacial score (nSPS) is 11.3. The van der Waals surface area contributed by atoms with E-state index < -0.39 is 0 Å². The smallest absolute Gasteiger partial charge is 0.214 e. The summed E-state index contributed by atoms with van der Waals surface area (Å²) in [5.41, 5.74) is 7.59. The Morgan fingerprint density at radius 2 is 2.27 bits per heavy atom. The Hall–Kier alpha value is -1.82. The second kappa shape index (κ2) is 2.83. The molecular formula is C9H9N5S. The zero-order valence-corrected chi connectivity index (χ0v) is 8.90. The minimum absolute atomic E-state index is 0.539. The molecular weight excluding hydrogens is 210 g/mol. The van der Waals surface area contributed by atoms with E-state index in [2.05, 4.69) is 10.1 Å². The van der Waals surface area contributed by atoms with Gasteiger partial charge in [0.2, 0.25) is 10.1 Å². The third-order valence-corrected chi connectivity index (χ3v) is 2.94. The van der Waals surface area contributed by atoms with E-state index in [9.17, 15) is 0 Å². The van der Waals surface area contributed by atoms with Gasteiger partial charge >= 0.3 is 0 Å². The summed E-state index contributed by atoms with van der Waals surface area (Å²) in [6.45, 7) is 0. The maximum Gasteiger partial charge on any atom is 0.214 e. The van der Waals surface area contributed by atoms with Gasteiger partial charge in [-0.3, -0.25) is 0 Å². The highest BCUT2D eigenvalue weighted by Crippen LogP contribution is 2.22. The Labute approximate surface area is 89.8 Å². The number of hydrogen-bond donors (Lipinski definition) is 1. The van der Waals surface area contributed by atoms with Crippen LogP contribution in [0, 0.1) is 0 Å². The fourth-order valence-electron chi connectivity index (χ4n) is 1.51. The van der Waals surface area contributed by atoms with Crippen LogP contribution in [0.25, 0.3) is 16.2 Å². The summed E-state index contributed by atoms with van der Waals surface area (Å²) in [5, 5.41) is 4.65. The predicted molar refractivity (Wildman–Crippen MR) is 59.7 cm³/mol. The second-order valence-corrected chi connectivity index (χ2v) is 4.35. The van der Waals surface area contributed by atoms with Crippen molar-refractivity contribution in [2.24, 2.45) is 7.05 Å². The van der Waals surface area contributed by atoms with Crippen LogP contribution in [0.5, 0.6) is 0 Å². The summed E-state index contributed by atoms with van der Waals surface area (Å²) in [4.78, 5) is 5.27. The first-order valence-electron chi connectivity index (χ1n) is 4.46. The molecule has 3 aromatic heterocycles. The van der Waals surface area contributed by atoms with Crippen molar-refractivity contribution in [1.29, 1.82) is 0 Å². The Balaban J connectivity index is 2.15. The highest BCUT2D eigenvalue weighted by molar-refractivity contribution is 7.20. The molecule has 3 heterocycles. The van der Waals surface area contributed by atoms with E-state index in [0.717, 1.165) is 16.2 Å². The maximum atomic E-state index is 5.57. The van der Waals surface area contributed by atoms with Crippen LogP contribution in [-0.2, 0) is 7.05 Å². The summed E-state index contributed by atoms with van der Waals surface area (Å²) in [6.07, 6.45) is 5.90. The molecule has 0 unspecified atom stereocenters. The lowest BCUT2D eigenvalue weighted by molar-refractivity contribution is 0.928. The summed E-state index contributed by atoms with van der Waals surface area (Å²) in [6, 6.07) is 2.02. The first-order valence-corrected chi connectivity index (χ1v) is 5.28. The molecule has 0 saturated carbocycles. The van der Waals surface area contributed by atoms with Crippen molar-refractivity contribution in [3.05, 3.63) is 24.7 Å². The van der Waals surface area contributed by atoms with Crippen LogP contribution in [0.3, 0.4) is 0 Å². The number of nitrogen functional groups attached to an aromatic ring is 1. The van der Waals surface area contributed by atoms with Crippen molar-refractivity contribution in [1.82, 2.24) is 19.2 Å². The van der Waals surface area contributed by atoms with Gasteiger partial charge in [-0.2, -0.15) is 0 Å². The maximum absolute atomic E-state index is 5.57. The molecule has 3 aromatic rings. The van der Waals surface area contributed by atoms with Crippen molar-refractivity contribution < 1.29 is 0 Å². The number of anilines is 1. The average Bonchev–Trinajstić information content (AvgIpc) is 2.78. The lowest BCUT2D eigenvalue weighted by Gasteiger charge is -1.87. The Bertz CT molecular complexity index is 586. The zero-order chi connectivity index (χ0) is 10.4. The average molecular weight is 219 g/mol. The van der Waals surface area contributed by atoms with Gasteiger partial charge in [0, 0.05) is 25.0 Å². The molecule has 0 aliphatic carbocycles. The van der Waals surface area contributed by atoms with Gasteiger partial charge in [-0.25, -0.2) is 9.50 Å². The second-order valence-electron chi connectivity index (χ2n) is 3.36. The third kappa shape index (κ3) is 1.30. The summed E-state index contributed by atoms with van der Waals surface area (Å²) in [7, 11) is 1.98. The molecule has 15 heavy (non-hydrogen) atoms. The largest absolute Gasteiger partial charge is 0.374 e. The highest BCUT2D eigenvalue weighted by atomic mass is 32.1. The van der Waals surface area contributed by atoms with Crippen molar-refractivity contribution in [2.45, 2.75) is 0 Å². The van der Waals surface area contributed by atoms with Crippen LogP contribution >= 0.6 is 11.3 Å². The van der Waals surface area contributed by atoms with Crippen LogP contribution in [0.15, 0.2) is 24.7 Å². The first-order chi connectivity index (χ1) is 7.22. The third-order valence-electron chi connectivity index (χ3n) is 2.19. The van der Waals surface area contributed by atoms with Crippen LogP contribution < -0.4 is 5.73 Å². The van der Waals surface area contributed by atoms with E-state index >= 15 is 0 Å². The topological polar surface area (TPSA) is 61.1 Å². The lowest BCUT2D eigenvalue weighted by atomic mass is 10.3. The van der Waals surface area contributed by atoms with Crippen LogP contribution in [0.1, 0.15) is 0 Å². The number of aryl methyl sites for hydroxylation is 1. The quantitative estimate of drug-likeness (QED) is 0.672. The van der Waals surface area contributed by atoms with Gasteiger partial charge in [0.15, 0.2) is 0 Å². The molecule has 0 aliphatic heterocycles. The molecule has 5 nitrogen and oxygen atoms in total. The Kier molecular flexibility index (Phi) is 1.60. The van der Waals surface area contributed by atoms with E-state index in [4.69, 9.17) is 5.73 Å². The Morgan fingerprint density at radius 1 is 1.40 bits per heavy atom. The molecule has 3 rings (SSSR count). The van der Waals surface area contributed by atoms with E-state index in [0.29, 0.717) is 5.13 Å². The van der Waals surface area contributed by atoms with Crippen LogP contribution in [0.4, 0.5) is 5.13 Å². The van der Waals surface area contributed by atoms with Gasteiger partial charge in [-0.15, -0.1) is 5.10 Å². The number of nitrogens with two attached hydrogens (primary N) is 1. The molecule has 0 aliphatic rings. The molecule has 76 valence electrons. The molecule has 0 spiro atoms. The molecule has 0 radical (unpaired) electrons. The lowest BCUT2D eigenvalue weighted by Crippen LogP contribution is -1.85. The first kappa shape index (κ1) is 8.49. The number of hydrogen-bond acceptors (Lipinski definition) is 4. The molecule has 0 fully saturated rings. The van der Waals surface area contributed by atoms with Crippen molar-refractivity contribution in [3.63, 3.8) is 0 Å². The summed E-state index contributed by atoms with van der Waals surface area (Å²) in [5.74, 6) is 0. The molecule has 0 aromatic carbocycles. The standard InChI is InChI=1S/C9H9N5S/c1-13-3-2-6(4-13)7-5-14-9(11-7)15-8(10)12-14/h2-5H,1H3,(H2,10,12). The number of nitrogens with zero attached hydrogens (tertiary/aromatic N) is 4. The van der Waals surface area contributed by atoms with Gasteiger partial charge in [-0.05, 0) is 6.07 Å². The molecule has 6 heteroatoms. The van der Waals surface area contributed by atoms with E-state index in [-0.39, 0.29) is 0 Å². The van der Waals surface area contributed by atoms with Crippen LogP contribution in [-0.4, -0.2) is 19.2 Å². The fraction of sp³-hybridized carbons (Fsp3) is 0.111. The molecule has 2 N–H and O–H groups in total. The van der Waals surface area contributed by atoms with E-state index in [1.165, 1.54) is 11.3 Å². The van der Waals surface area contributed by atoms with E-state index in [1.54, 1.807) is 4.52 Å². The van der Waals surface area contributed by atoms with Gasteiger partial charge < -0.3 is 10.3 Å². The van der Waals surface area contributed by atoms with Crippen molar-refractivity contribution >= 4 is 21.4 Å². The fourth-order valence-corrected chi connectivity index (χ4v) is 2.16. The van der Waals surface area contributed by atoms with Gasteiger partial charge in [0.05, 0.1) is 11.9 Å². The monoisotopic (exact) mass is 219 g/mol. The van der Waals surface area contributed by atoms with Gasteiger partial charge in [0.1, 0.15) is 0 Å². The minimum atomic E-state index is 0.539.